The highest BCUT2D eigenvalue weighted by Crippen LogP contribution is 2.20. The molecular formula is C15H21NO3. The number of nitrogens with one attached hydrogen (secondary N) is 1. The van der Waals surface area contributed by atoms with E-state index in [0.29, 0.717) is 6.42 Å². The maximum absolute atomic E-state index is 11.6. The molecule has 0 fully saturated rings. The molecule has 1 unspecified atom stereocenters. The molecule has 0 saturated carbocycles. The molecular weight excluding hydrogens is 242 g/mol. The molecule has 4 heteroatoms. The van der Waals surface area contributed by atoms with Crippen molar-refractivity contribution in [2.75, 3.05) is 13.7 Å². The predicted octanol–water partition coefficient (Wildman–Crippen LogP) is 1.68. The minimum Gasteiger partial charge on any atom is -0.496 e. The van der Waals surface area contributed by atoms with Crippen molar-refractivity contribution in [3.05, 3.63) is 41.5 Å². The molecule has 0 bridgehead atoms. The molecule has 0 heterocycles. The number of methoxy groups -OCH3 is 1. The molecule has 0 aliphatic rings. The third kappa shape index (κ3) is 5.14. The molecule has 104 valence electrons. The Kier molecular flexibility index (Phi) is 6.09. The Hall–Kier alpha value is -1.81. The largest absolute Gasteiger partial charge is 0.496 e. The monoisotopic (exact) mass is 263 g/mol. The molecule has 0 spiro atoms. The minimum atomic E-state index is -0.234. The van der Waals surface area contributed by atoms with Crippen LogP contribution in [0.25, 0.3) is 0 Å². The maximum Gasteiger partial charge on any atom is 0.244 e. The molecule has 1 aromatic carbocycles. The fraction of sp³-hybridized carbons (Fsp3) is 0.400. The first kappa shape index (κ1) is 15.2. The zero-order chi connectivity index (χ0) is 14.3. The van der Waals surface area contributed by atoms with Crippen LogP contribution in [0.4, 0.5) is 0 Å². The molecule has 4 nitrogen and oxygen atoms in total. The molecule has 0 saturated heterocycles. The number of aliphatic hydroxyl groups excluding tert-OH is 1. The summed E-state index contributed by atoms with van der Waals surface area (Å²) in [5, 5.41) is 11.5. The Balaban J connectivity index is 2.68. The molecule has 0 aliphatic heterocycles. The van der Waals surface area contributed by atoms with Crippen molar-refractivity contribution >= 4 is 5.91 Å². The van der Waals surface area contributed by atoms with Gasteiger partial charge in [0, 0.05) is 12.1 Å². The average molecular weight is 263 g/mol. The Bertz CT molecular complexity index is 454. The summed E-state index contributed by atoms with van der Waals surface area (Å²) < 4.78 is 5.27. The normalized spacial score (nSPS) is 12.9. The highest BCUT2D eigenvalue weighted by atomic mass is 16.5. The summed E-state index contributed by atoms with van der Waals surface area (Å²) >= 11 is 0. The Morgan fingerprint density at radius 1 is 1.47 bits per heavy atom. The molecule has 0 aromatic heterocycles. The number of amides is 1. The first-order valence-corrected chi connectivity index (χ1v) is 6.27. The van der Waals surface area contributed by atoms with Crippen LogP contribution in [0.2, 0.25) is 0 Å². The van der Waals surface area contributed by atoms with Crippen LogP contribution < -0.4 is 10.1 Å². The second-order valence-electron chi connectivity index (χ2n) is 4.57. The van der Waals surface area contributed by atoms with Crippen LogP contribution >= 0.6 is 0 Å². The van der Waals surface area contributed by atoms with E-state index in [-0.39, 0.29) is 18.6 Å². The Labute approximate surface area is 114 Å². The summed E-state index contributed by atoms with van der Waals surface area (Å²) in [4.78, 5) is 11.6. The van der Waals surface area contributed by atoms with Gasteiger partial charge in [-0.05, 0) is 31.9 Å². The topological polar surface area (TPSA) is 58.6 Å². The molecule has 1 atom stereocenters. The molecule has 0 radical (unpaired) electrons. The summed E-state index contributed by atoms with van der Waals surface area (Å²) in [6.45, 7) is 3.59. The number of aliphatic hydroxyl groups is 1. The van der Waals surface area contributed by atoms with Crippen LogP contribution in [0, 0.1) is 0 Å². The number of allylic oxidation sites excluding steroid dienone is 1. The van der Waals surface area contributed by atoms with E-state index in [1.807, 2.05) is 31.2 Å². The standard InChI is InChI=1S/C15H21NO3/c1-11(9-15(18)16-12(2)10-17)8-13-6-4-5-7-14(13)19-3/h4-7,9,12,17H,8,10H2,1-3H3,(H,16,18)/b11-9+. The number of hydrogen-bond acceptors (Lipinski definition) is 3. The molecule has 2 N–H and O–H groups in total. The number of hydrogen-bond donors (Lipinski definition) is 2. The second-order valence-corrected chi connectivity index (χ2v) is 4.57. The predicted molar refractivity (Wildman–Crippen MR) is 75.1 cm³/mol. The summed E-state index contributed by atoms with van der Waals surface area (Å²) in [5.41, 5.74) is 1.98. The van der Waals surface area contributed by atoms with E-state index in [9.17, 15) is 4.79 Å². The van der Waals surface area contributed by atoms with E-state index in [0.717, 1.165) is 16.9 Å². The molecule has 1 rings (SSSR count). The van der Waals surface area contributed by atoms with E-state index >= 15 is 0 Å². The smallest absolute Gasteiger partial charge is 0.244 e. The van der Waals surface area contributed by atoms with Gasteiger partial charge in [0.15, 0.2) is 0 Å². The summed E-state index contributed by atoms with van der Waals surface area (Å²) in [6.07, 6.45) is 2.21. The number of rotatable bonds is 6. The van der Waals surface area contributed by atoms with Gasteiger partial charge in [0.25, 0.3) is 0 Å². The van der Waals surface area contributed by atoms with Crippen LogP contribution in [-0.2, 0) is 11.2 Å². The van der Waals surface area contributed by atoms with E-state index in [1.54, 1.807) is 20.1 Å². The van der Waals surface area contributed by atoms with Gasteiger partial charge in [-0.15, -0.1) is 0 Å². The van der Waals surface area contributed by atoms with Gasteiger partial charge in [-0.2, -0.15) is 0 Å². The van der Waals surface area contributed by atoms with Crippen LogP contribution in [0.15, 0.2) is 35.9 Å². The van der Waals surface area contributed by atoms with Gasteiger partial charge in [-0.3, -0.25) is 4.79 Å². The fourth-order valence-electron chi connectivity index (χ4n) is 1.75. The summed E-state index contributed by atoms with van der Waals surface area (Å²) in [7, 11) is 1.63. The quantitative estimate of drug-likeness (QED) is 0.768. The van der Waals surface area contributed by atoms with Crippen LogP contribution in [0.5, 0.6) is 5.75 Å². The molecule has 19 heavy (non-hydrogen) atoms. The number of ether oxygens (including phenoxy) is 1. The second kappa shape index (κ2) is 7.59. The summed E-state index contributed by atoms with van der Waals surface area (Å²) in [6, 6.07) is 7.50. The van der Waals surface area contributed by atoms with Crippen LogP contribution in [0.1, 0.15) is 19.4 Å². The lowest BCUT2D eigenvalue weighted by atomic mass is 10.0. The van der Waals surface area contributed by atoms with Crippen molar-refractivity contribution in [1.82, 2.24) is 5.32 Å². The van der Waals surface area contributed by atoms with Crippen molar-refractivity contribution in [1.29, 1.82) is 0 Å². The molecule has 1 amide bonds. The number of benzene rings is 1. The maximum atomic E-state index is 11.6. The Morgan fingerprint density at radius 2 is 2.16 bits per heavy atom. The summed E-state index contributed by atoms with van der Waals surface area (Å²) in [5.74, 6) is 0.633. The highest BCUT2D eigenvalue weighted by Gasteiger charge is 2.06. The average Bonchev–Trinajstić information content (AvgIpc) is 2.38. The first-order valence-electron chi connectivity index (χ1n) is 6.27. The van der Waals surface area contributed by atoms with E-state index < -0.39 is 0 Å². The van der Waals surface area contributed by atoms with Crippen LogP contribution in [0.3, 0.4) is 0 Å². The van der Waals surface area contributed by atoms with Gasteiger partial charge in [0.1, 0.15) is 5.75 Å². The van der Waals surface area contributed by atoms with Crippen molar-refractivity contribution in [3.63, 3.8) is 0 Å². The van der Waals surface area contributed by atoms with Gasteiger partial charge in [-0.25, -0.2) is 0 Å². The lowest BCUT2D eigenvalue weighted by Gasteiger charge is -2.10. The van der Waals surface area contributed by atoms with Crippen molar-refractivity contribution in [3.8, 4) is 5.75 Å². The van der Waals surface area contributed by atoms with Gasteiger partial charge >= 0.3 is 0 Å². The minimum absolute atomic E-state index is 0.0643. The van der Waals surface area contributed by atoms with E-state index in [4.69, 9.17) is 9.84 Å². The number of para-hydroxylation sites is 1. The van der Waals surface area contributed by atoms with Gasteiger partial charge in [0.05, 0.1) is 13.7 Å². The molecule has 1 aromatic rings. The van der Waals surface area contributed by atoms with E-state index in [1.165, 1.54) is 0 Å². The highest BCUT2D eigenvalue weighted by molar-refractivity contribution is 5.88. The Morgan fingerprint density at radius 3 is 2.79 bits per heavy atom. The zero-order valence-electron chi connectivity index (χ0n) is 11.6. The van der Waals surface area contributed by atoms with Crippen LogP contribution in [-0.4, -0.2) is 30.8 Å². The van der Waals surface area contributed by atoms with Gasteiger partial charge in [0.2, 0.25) is 5.91 Å². The molecule has 0 aliphatic carbocycles. The number of carbonyl (C=O) groups excluding carboxylic acids is 1. The zero-order valence-corrected chi connectivity index (χ0v) is 11.6. The fourth-order valence-corrected chi connectivity index (χ4v) is 1.75. The SMILES string of the molecule is COc1ccccc1C/C(C)=C/C(=O)NC(C)CO. The lowest BCUT2D eigenvalue weighted by Crippen LogP contribution is -2.33. The van der Waals surface area contributed by atoms with Gasteiger partial charge in [-0.1, -0.05) is 23.8 Å². The van der Waals surface area contributed by atoms with Crippen molar-refractivity contribution in [2.45, 2.75) is 26.3 Å². The number of carbonyl (C=O) groups is 1. The third-order valence-electron chi connectivity index (χ3n) is 2.70. The lowest BCUT2D eigenvalue weighted by molar-refractivity contribution is -0.117. The first-order chi connectivity index (χ1) is 9.06. The van der Waals surface area contributed by atoms with Crippen molar-refractivity contribution < 1.29 is 14.6 Å². The van der Waals surface area contributed by atoms with E-state index in [2.05, 4.69) is 5.32 Å². The van der Waals surface area contributed by atoms with Crippen molar-refractivity contribution in [2.24, 2.45) is 0 Å². The third-order valence-corrected chi connectivity index (χ3v) is 2.70. The van der Waals surface area contributed by atoms with Gasteiger partial charge < -0.3 is 15.2 Å².